The standard InChI is InChI=1S/C18H14N2O4S/c19-16(21)11-24-14-8-6-12(7-9-14)10-15-17(22)20(18(23)25-15)13-4-2-1-3-5-13/h1-10H,11H2,(H2,19,21)/b15-10-. The highest BCUT2D eigenvalue weighted by Crippen LogP contribution is 2.35. The number of hydrogen-bond donors (Lipinski definition) is 1. The number of nitrogens with two attached hydrogens (primary N) is 1. The minimum atomic E-state index is -0.557. The van der Waals surface area contributed by atoms with Gasteiger partial charge in [-0.25, -0.2) is 4.90 Å². The van der Waals surface area contributed by atoms with Crippen LogP contribution in [-0.4, -0.2) is 23.7 Å². The van der Waals surface area contributed by atoms with Gasteiger partial charge in [0, 0.05) is 0 Å². The van der Waals surface area contributed by atoms with Gasteiger partial charge in [0.05, 0.1) is 10.6 Å². The highest BCUT2D eigenvalue weighted by atomic mass is 32.2. The first-order valence-electron chi connectivity index (χ1n) is 7.39. The van der Waals surface area contributed by atoms with E-state index in [0.717, 1.165) is 22.2 Å². The molecule has 7 heteroatoms. The van der Waals surface area contributed by atoms with E-state index >= 15 is 0 Å². The predicted molar refractivity (Wildman–Crippen MR) is 96.0 cm³/mol. The van der Waals surface area contributed by atoms with Crippen LogP contribution in [0.5, 0.6) is 5.75 Å². The second kappa shape index (κ2) is 7.23. The van der Waals surface area contributed by atoms with Gasteiger partial charge in [0.1, 0.15) is 5.75 Å². The number of ether oxygens (including phenoxy) is 1. The summed E-state index contributed by atoms with van der Waals surface area (Å²) in [6.07, 6.45) is 1.64. The smallest absolute Gasteiger partial charge is 0.298 e. The van der Waals surface area contributed by atoms with Crippen molar-refractivity contribution >= 4 is 40.6 Å². The fourth-order valence-corrected chi connectivity index (χ4v) is 3.07. The van der Waals surface area contributed by atoms with E-state index in [1.807, 2.05) is 6.07 Å². The van der Waals surface area contributed by atoms with Crippen LogP contribution < -0.4 is 15.4 Å². The van der Waals surface area contributed by atoms with Crippen LogP contribution in [0.15, 0.2) is 59.5 Å². The first-order chi connectivity index (χ1) is 12.0. The van der Waals surface area contributed by atoms with Crippen LogP contribution in [-0.2, 0) is 9.59 Å². The van der Waals surface area contributed by atoms with E-state index < -0.39 is 5.91 Å². The molecule has 126 valence electrons. The number of imide groups is 1. The Labute approximate surface area is 148 Å². The third-order valence-electron chi connectivity index (χ3n) is 3.37. The summed E-state index contributed by atoms with van der Waals surface area (Å²) in [6.45, 7) is -0.199. The lowest BCUT2D eigenvalue weighted by Crippen LogP contribution is -2.27. The van der Waals surface area contributed by atoms with Crippen molar-refractivity contribution in [3.8, 4) is 5.75 Å². The summed E-state index contributed by atoms with van der Waals surface area (Å²) in [6, 6.07) is 15.6. The number of benzene rings is 2. The lowest BCUT2D eigenvalue weighted by molar-refractivity contribution is -0.120. The van der Waals surface area contributed by atoms with Crippen molar-refractivity contribution < 1.29 is 19.1 Å². The first kappa shape index (κ1) is 16.8. The molecule has 0 spiro atoms. The Morgan fingerprint density at radius 2 is 1.76 bits per heavy atom. The van der Waals surface area contributed by atoms with Crippen molar-refractivity contribution in [2.75, 3.05) is 11.5 Å². The summed E-state index contributed by atoms with van der Waals surface area (Å²) >= 11 is 0.896. The SMILES string of the molecule is NC(=O)COc1ccc(/C=C2\SC(=O)N(c3ccccc3)C2=O)cc1. The summed E-state index contributed by atoms with van der Waals surface area (Å²) in [5.41, 5.74) is 6.30. The zero-order chi connectivity index (χ0) is 17.8. The lowest BCUT2D eigenvalue weighted by Gasteiger charge is -2.11. The van der Waals surface area contributed by atoms with Crippen molar-refractivity contribution in [2.45, 2.75) is 0 Å². The largest absolute Gasteiger partial charge is 0.484 e. The van der Waals surface area contributed by atoms with Crippen molar-refractivity contribution in [1.82, 2.24) is 0 Å². The number of hydrogen-bond acceptors (Lipinski definition) is 5. The lowest BCUT2D eigenvalue weighted by atomic mass is 10.2. The zero-order valence-electron chi connectivity index (χ0n) is 13.0. The van der Waals surface area contributed by atoms with Crippen LogP contribution in [0.4, 0.5) is 10.5 Å². The van der Waals surface area contributed by atoms with E-state index in [2.05, 4.69) is 0 Å². The van der Waals surface area contributed by atoms with E-state index in [4.69, 9.17) is 10.5 Å². The van der Waals surface area contributed by atoms with Crippen LogP contribution in [0.3, 0.4) is 0 Å². The molecule has 3 rings (SSSR count). The maximum Gasteiger partial charge on any atom is 0.298 e. The normalized spacial score (nSPS) is 15.7. The molecule has 0 atom stereocenters. The predicted octanol–water partition coefficient (Wildman–Crippen LogP) is 2.79. The monoisotopic (exact) mass is 354 g/mol. The van der Waals surface area contributed by atoms with E-state index in [-0.39, 0.29) is 17.8 Å². The molecular weight excluding hydrogens is 340 g/mol. The van der Waals surface area contributed by atoms with Crippen LogP contribution in [0, 0.1) is 0 Å². The summed E-state index contributed by atoms with van der Waals surface area (Å²) in [5.74, 6) is -0.415. The Bertz CT molecular complexity index is 847. The topological polar surface area (TPSA) is 89.7 Å². The number of nitrogens with zero attached hydrogens (tertiary/aromatic N) is 1. The number of amides is 3. The fraction of sp³-hybridized carbons (Fsp3) is 0.0556. The Kier molecular flexibility index (Phi) is 4.85. The maximum atomic E-state index is 12.5. The number of carbonyl (C=O) groups is 3. The van der Waals surface area contributed by atoms with E-state index in [0.29, 0.717) is 16.3 Å². The minimum absolute atomic E-state index is 0.199. The molecule has 0 radical (unpaired) electrons. The number of primary amides is 1. The van der Waals surface area contributed by atoms with Crippen LogP contribution in [0.25, 0.3) is 6.08 Å². The van der Waals surface area contributed by atoms with Gasteiger partial charge in [0.15, 0.2) is 6.61 Å². The highest BCUT2D eigenvalue weighted by Gasteiger charge is 2.36. The quantitative estimate of drug-likeness (QED) is 0.834. The molecule has 1 aliphatic heterocycles. The van der Waals surface area contributed by atoms with Gasteiger partial charge in [-0.05, 0) is 47.7 Å². The maximum absolute atomic E-state index is 12.5. The number of carbonyl (C=O) groups excluding carboxylic acids is 3. The minimum Gasteiger partial charge on any atom is -0.484 e. The average molecular weight is 354 g/mol. The van der Waals surface area contributed by atoms with Gasteiger partial charge in [0.2, 0.25) is 0 Å². The molecule has 6 nitrogen and oxygen atoms in total. The van der Waals surface area contributed by atoms with E-state index in [9.17, 15) is 14.4 Å². The van der Waals surface area contributed by atoms with Crippen molar-refractivity contribution in [3.63, 3.8) is 0 Å². The first-order valence-corrected chi connectivity index (χ1v) is 8.20. The molecule has 0 bridgehead atoms. The third-order valence-corrected chi connectivity index (χ3v) is 4.24. The Balaban J connectivity index is 1.77. The van der Waals surface area contributed by atoms with Crippen LogP contribution in [0.1, 0.15) is 5.56 Å². The second-order valence-corrected chi connectivity index (χ2v) is 6.17. The molecule has 25 heavy (non-hydrogen) atoms. The fourth-order valence-electron chi connectivity index (χ4n) is 2.23. The van der Waals surface area contributed by atoms with Crippen LogP contribution in [0.2, 0.25) is 0 Å². The van der Waals surface area contributed by atoms with Gasteiger partial charge >= 0.3 is 0 Å². The Morgan fingerprint density at radius 3 is 2.40 bits per heavy atom. The molecule has 3 amide bonds. The number of para-hydroxylation sites is 1. The molecule has 1 aliphatic rings. The Hall–Kier alpha value is -3.06. The van der Waals surface area contributed by atoms with Gasteiger partial charge in [-0.15, -0.1) is 0 Å². The van der Waals surface area contributed by atoms with Crippen molar-refractivity contribution in [2.24, 2.45) is 5.73 Å². The molecule has 0 saturated carbocycles. The van der Waals surface area contributed by atoms with Crippen molar-refractivity contribution in [1.29, 1.82) is 0 Å². The molecular formula is C18H14N2O4S. The number of anilines is 1. The van der Waals surface area contributed by atoms with E-state index in [1.54, 1.807) is 54.6 Å². The molecule has 0 aliphatic carbocycles. The average Bonchev–Trinajstić information content (AvgIpc) is 2.88. The summed E-state index contributed by atoms with van der Waals surface area (Å²) in [4.78, 5) is 36.9. The van der Waals surface area contributed by atoms with Gasteiger partial charge in [-0.2, -0.15) is 0 Å². The molecule has 0 aromatic heterocycles. The molecule has 0 unspecified atom stereocenters. The second-order valence-electron chi connectivity index (χ2n) is 5.18. The molecule has 2 N–H and O–H groups in total. The molecule has 2 aromatic carbocycles. The summed E-state index contributed by atoms with van der Waals surface area (Å²) < 4.78 is 5.18. The molecule has 1 heterocycles. The summed E-state index contributed by atoms with van der Waals surface area (Å²) in [5, 5.41) is -0.330. The van der Waals surface area contributed by atoms with Gasteiger partial charge in [-0.1, -0.05) is 30.3 Å². The van der Waals surface area contributed by atoms with Gasteiger partial charge < -0.3 is 10.5 Å². The van der Waals surface area contributed by atoms with Crippen molar-refractivity contribution in [3.05, 3.63) is 65.1 Å². The summed E-state index contributed by atoms with van der Waals surface area (Å²) in [7, 11) is 0. The molecule has 1 fully saturated rings. The van der Waals surface area contributed by atoms with Gasteiger partial charge in [-0.3, -0.25) is 14.4 Å². The Morgan fingerprint density at radius 1 is 1.08 bits per heavy atom. The number of thioether (sulfide) groups is 1. The zero-order valence-corrected chi connectivity index (χ0v) is 13.9. The van der Waals surface area contributed by atoms with Crippen LogP contribution >= 0.6 is 11.8 Å². The molecule has 1 saturated heterocycles. The number of rotatable bonds is 5. The van der Waals surface area contributed by atoms with Gasteiger partial charge in [0.25, 0.3) is 17.1 Å². The third kappa shape index (κ3) is 3.89. The molecule has 2 aromatic rings. The van der Waals surface area contributed by atoms with E-state index in [1.165, 1.54) is 0 Å². The highest BCUT2D eigenvalue weighted by molar-refractivity contribution is 8.19.